The van der Waals surface area contributed by atoms with E-state index < -0.39 is 0 Å². The third-order valence-corrected chi connectivity index (χ3v) is 6.19. The summed E-state index contributed by atoms with van der Waals surface area (Å²) in [6.45, 7) is 9.02. The monoisotopic (exact) mass is 344 g/mol. The Morgan fingerprint density at radius 1 is 1.16 bits per heavy atom. The predicted octanol–water partition coefficient (Wildman–Crippen LogP) is 1.53. The number of piperidine rings is 1. The quantitative estimate of drug-likeness (QED) is 0.816. The van der Waals surface area contributed by atoms with Crippen LogP contribution < -0.4 is 5.56 Å². The fraction of sp³-hybridized carbons (Fsp3) is 0.737. The van der Waals surface area contributed by atoms with Gasteiger partial charge >= 0.3 is 0 Å². The van der Waals surface area contributed by atoms with Crippen molar-refractivity contribution >= 4 is 5.91 Å². The molecule has 0 unspecified atom stereocenters. The summed E-state index contributed by atoms with van der Waals surface area (Å²) in [5.41, 5.74) is 0.0859. The van der Waals surface area contributed by atoms with E-state index in [2.05, 4.69) is 28.3 Å². The van der Waals surface area contributed by atoms with E-state index in [-0.39, 0.29) is 22.4 Å². The molecule has 2 saturated heterocycles. The van der Waals surface area contributed by atoms with Gasteiger partial charge in [0.25, 0.3) is 11.5 Å². The van der Waals surface area contributed by atoms with Crippen molar-refractivity contribution in [1.29, 1.82) is 0 Å². The van der Waals surface area contributed by atoms with Crippen molar-refractivity contribution < 1.29 is 4.79 Å². The summed E-state index contributed by atoms with van der Waals surface area (Å²) in [6.07, 6.45) is 7.00. The summed E-state index contributed by atoms with van der Waals surface area (Å²) in [5, 5.41) is 0. The summed E-state index contributed by atoms with van der Waals surface area (Å²) >= 11 is 0. The fourth-order valence-corrected chi connectivity index (χ4v) is 4.66. The van der Waals surface area contributed by atoms with Crippen molar-refractivity contribution in [3.63, 3.8) is 0 Å². The standard InChI is InChI=1S/C19H28N4O2/c1-14(2)22-9-6-19(12-22)10-16-20-17(24)15(11-23(16)13-19)18(25)21-7-4-3-5-8-21/h11,14H,3-10,12-13H2,1-2H3/t19-/m1/s1. The van der Waals surface area contributed by atoms with Crippen LogP contribution in [0.4, 0.5) is 0 Å². The first kappa shape index (κ1) is 16.8. The first-order valence-corrected chi connectivity index (χ1v) is 9.61. The second kappa shape index (κ2) is 6.24. The Morgan fingerprint density at radius 3 is 2.60 bits per heavy atom. The number of fused-ring (bicyclic) bond motifs is 1. The molecule has 4 rings (SSSR count). The van der Waals surface area contributed by atoms with Crippen molar-refractivity contribution in [3.05, 3.63) is 27.9 Å². The van der Waals surface area contributed by atoms with E-state index in [4.69, 9.17) is 0 Å². The van der Waals surface area contributed by atoms with Crippen LogP contribution in [0, 0.1) is 5.41 Å². The number of rotatable bonds is 2. The fourth-order valence-electron chi connectivity index (χ4n) is 4.66. The largest absolute Gasteiger partial charge is 0.338 e. The molecule has 1 atom stereocenters. The first-order chi connectivity index (χ1) is 12.0. The second-order valence-electron chi connectivity index (χ2n) is 8.35. The van der Waals surface area contributed by atoms with Gasteiger partial charge in [-0.3, -0.25) is 9.59 Å². The molecule has 4 heterocycles. The molecule has 0 aliphatic carbocycles. The number of likely N-dealkylation sites (tertiary alicyclic amines) is 2. The van der Waals surface area contributed by atoms with Crippen LogP contribution in [-0.4, -0.2) is 57.5 Å². The lowest BCUT2D eigenvalue weighted by Gasteiger charge is -2.26. The third kappa shape index (κ3) is 3.01. The van der Waals surface area contributed by atoms with Crippen molar-refractivity contribution in [1.82, 2.24) is 19.4 Å². The van der Waals surface area contributed by atoms with Crippen LogP contribution in [0.2, 0.25) is 0 Å². The Hall–Kier alpha value is -1.69. The summed E-state index contributed by atoms with van der Waals surface area (Å²) in [7, 11) is 0. The molecule has 3 aliphatic heterocycles. The van der Waals surface area contributed by atoms with Gasteiger partial charge in [-0.1, -0.05) is 0 Å². The van der Waals surface area contributed by atoms with Crippen LogP contribution in [0.3, 0.4) is 0 Å². The average Bonchev–Trinajstić information content (AvgIpc) is 3.17. The number of hydrogen-bond acceptors (Lipinski definition) is 4. The van der Waals surface area contributed by atoms with Gasteiger partial charge in [0.15, 0.2) is 0 Å². The molecule has 0 aromatic carbocycles. The van der Waals surface area contributed by atoms with E-state index in [1.54, 1.807) is 6.20 Å². The maximum atomic E-state index is 12.7. The molecule has 1 aromatic rings. The lowest BCUT2D eigenvalue weighted by molar-refractivity contribution is 0.0721. The van der Waals surface area contributed by atoms with E-state index >= 15 is 0 Å². The van der Waals surface area contributed by atoms with Gasteiger partial charge in [-0.05, 0) is 46.1 Å². The Balaban J connectivity index is 1.57. The number of carbonyl (C=O) groups excluding carboxylic acids is 1. The lowest BCUT2D eigenvalue weighted by atomic mass is 9.86. The van der Waals surface area contributed by atoms with Crippen LogP contribution in [0.5, 0.6) is 0 Å². The normalized spacial score (nSPS) is 26.6. The number of aromatic nitrogens is 2. The van der Waals surface area contributed by atoms with Crippen molar-refractivity contribution in [3.8, 4) is 0 Å². The average molecular weight is 344 g/mol. The molecule has 1 spiro atoms. The van der Waals surface area contributed by atoms with Crippen molar-refractivity contribution in [2.45, 2.75) is 58.5 Å². The highest BCUT2D eigenvalue weighted by molar-refractivity contribution is 5.93. The van der Waals surface area contributed by atoms with Gasteiger partial charge in [-0.25, -0.2) is 0 Å². The molecule has 0 radical (unpaired) electrons. The highest BCUT2D eigenvalue weighted by Gasteiger charge is 2.44. The van der Waals surface area contributed by atoms with Gasteiger partial charge in [0.2, 0.25) is 0 Å². The first-order valence-electron chi connectivity index (χ1n) is 9.61. The minimum absolute atomic E-state index is 0.135. The Labute approximate surface area is 148 Å². The topological polar surface area (TPSA) is 58.4 Å². The number of hydrogen-bond donors (Lipinski definition) is 0. The molecule has 136 valence electrons. The van der Waals surface area contributed by atoms with E-state index in [0.29, 0.717) is 6.04 Å². The van der Waals surface area contributed by atoms with Gasteiger partial charge in [0.1, 0.15) is 11.4 Å². The van der Waals surface area contributed by atoms with Gasteiger partial charge in [0, 0.05) is 50.3 Å². The Kier molecular flexibility index (Phi) is 4.18. The molecule has 2 fully saturated rings. The summed E-state index contributed by atoms with van der Waals surface area (Å²) in [5.74, 6) is 0.717. The molecule has 25 heavy (non-hydrogen) atoms. The van der Waals surface area contributed by atoms with E-state index in [0.717, 1.165) is 64.2 Å². The number of amides is 1. The minimum Gasteiger partial charge on any atom is -0.338 e. The van der Waals surface area contributed by atoms with Gasteiger partial charge in [-0.15, -0.1) is 0 Å². The van der Waals surface area contributed by atoms with Crippen LogP contribution in [0.25, 0.3) is 0 Å². The van der Waals surface area contributed by atoms with E-state index in [1.165, 1.54) is 6.42 Å². The van der Waals surface area contributed by atoms with E-state index in [1.807, 2.05) is 4.90 Å². The SMILES string of the molecule is CC(C)N1CC[C@@]2(Cc3nc(=O)c(C(=O)N4CCCCC4)cn3C2)C1. The van der Waals surface area contributed by atoms with Crippen LogP contribution >= 0.6 is 0 Å². The van der Waals surface area contributed by atoms with Crippen LogP contribution in [0.1, 0.15) is 55.7 Å². The predicted molar refractivity (Wildman–Crippen MR) is 95.7 cm³/mol. The zero-order valence-electron chi connectivity index (χ0n) is 15.3. The zero-order chi connectivity index (χ0) is 17.6. The highest BCUT2D eigenvalue weighted by Crippen LogP contribution is 2.40. The molecular formula is C19H28N4O2. The number of carbonyl (C=O) groups is 1. The zero-order valence-corrected chi connectivity index (χ0v) is 15.3. The Morgan fingerprint density at radius 2 is 1.92 bits per heavy atom. The van der Waals surface area contributed by atoms with Crippen molar-refractivity contribution in [2.75, 3.05) is 26.2 Å². The third-order valence-electron chi connectivity index (χ3n) is 6.19. The Bertz CT molecular complexity index is 735. The number of nitrogens with zero attached hydrogens (tertiary/aromatic N) is 4. The van der Waals surface area contributed by atoms with Crippen LogP contribution in [-0.2, 0) is 13.0 Å². The maximum absolute atomic E-state index is 12.7. The molecule has 1 aromatic heterocycles. The molecule has 3 aliphatic rings. The molecule has 0 saturated carbocycles. The summed E-state index contributed by atoms with van der Waals surface area (Å²) in [6, 6.07) is 0.548. The molecule has 6 heteroatoms. The summed E-state index contributed by atoms with van der Waals surface area (Å²) in [4.78, 5) is 33.8. The van der Waals surface area contributed by atoms with Gasteiger partial charge < -0.3 is 14.4 Å². The molecule has 6 nitrogen and oxygen atoms in total. The summed E-state index contributed by atoms with van der Waals surface area (Å²) < 4.78 is 2.07. The molecular weight excluding hydrogens is 316 g/mol. The van der Waals surface area contributed by atoms with Gasteiger partial charge in [-0.2, -0.15) is 4.98 Å². The molecule has 1 amide bonds. The lowest BCUT2D eigenvalue weighted by Crippen LogP contribution is -2.39. The smallest absolute Gasteiger partial charge is 0.285 e. The highest BCUT2D eigenvalue weighted by atomic mass is 16.2. The molecule has 0 N–H and O–H groups in total. The van der Waals surface area contributed by atoms with Crippen LogP contribution in [0.15, 0.2) is 11.0 Å². The van der Waals surface area contributed by atoms with Crippen molar-refractivity contribution in [2.24, 2.45) is 5.41 Å². The maximum Gasteiger partial charge on any atom is 0.285 e. The minimum atomic E-state index is -0.349. The molecule has 0 bridgehead atoms. The van der Waals surface area contributed by atoms with E-state index in [9.17, 15) is 9.59 Å². The second-order valence-corrected chi connectivity index (χ2v) is 8.35. The van der Waals surface area contributed by atoms with Gasteiger partial charge in [0.05, 0.1) is 0 Å².